The largest absolute Gasteiger partial charge is 0.0996 e. The zero-order chi connectivity index (χ0) is 14.2. The van der Waals surface area contributed by atoms with Gasteiger partial charge in [-0.05, 0) is 85.4 Å². The summed E-state index contributed by atoms with van der Waals surface area (Å²) in [5.74, 6) is 2.87. The molecule has 0 aromatic heterocycles. The third kappa shape index (κ3) is 1.54. The van der Waals surface area contributed by atoms with Crippen LogP contribution >= 0.6 is 0 Å². The van der Waals surface area contributed by atoms with Crippen LogP contribution in [0.25, 0.3) is 0 Å². The SMILES string of the molecule is C=C1C[C@@]23CC[C@@H]4C(C)(C)CCCC4(C)[C@@H]2CC[C@H]1C3. The molecule has 4 fully saturated rings. The van der Waals surface area contributed by atoms with E-state index in [9.17, 15) is 0 Å². The van der Waals surface area contributed by atoms with Gasteiger partial charge in [-0.2, -0.15) is 0 Å². The zero-order valence-electron chi connectivity index (χ0n) is 13.8. The van der Waals surface area contributed by atoms with Gasteiger partial charge in [0.05, 0.1) is 0 Å². The van der Waals surface area contributed by atoms with Crippen LogP contribution in [-0.4, -0.2) is 0 Å². The molecule has 0 aromatic carbocycles. The van der Waals surface area contributed by atoms with Gasteiger partial charge in [0.15, 0.2) is 0 Å². The van der Waals surface area contributed by atoms with Crippen molar-refractivity contribution in [3.63, 3.8) is 0 Å². The molecule has 0 heteroatoms. The molecule has 0 radical (unpaired) electrons. The van der Waals surface area contributed by atoms with E-state index >= 15 is 0 Å². The highest BCUT2D eigenvalue weighted by atomic mass is 14.7. The molecule has 112 valence electrons. The van der Waals surface area contributed by atoms with Crippen molar-refractivity contribution in [2.45, 2.75) is 78.6 Å². The summed E-state index contributed by atoms with van der Waals surface area (Å²) in [4.78, 5) is 0. The molecule has 20 heavy (non-hydrogen) atoms. The molecule has 0 aliphatic heterocycles. The topological polar surface area (TPSA) is 0 Å². The van der Waals surface area contributed by atoms with Crippen molar-refractivity contribution < 1.29 is 0 Å². The normalized spacial score (nSPS) is 53.4. The first-order valence-corrected chi connectivity index (χ1v) is 9.05. The van der Waals surface area contributed by atoms with Gasteiger partial charge in [0.2, 0.25) is 0 Å². The molecule has 4 saturated carbocycles. The molecular weight excluding hydrogens is 240 g/mol. The van der Waals surface area contributed by atoms with Crippen molar-refractivity contribution in [3.05, 3.63) is 12.2 Å². The summed E-state index contributed by atoms with van der Waals surface area (Å²) in [6, 6.07) is 0. The maximum Gasteiger partial charge on any atom is -0.0200 e. The second-order valence-electron chi connectivity index (χ2n) is 9.67. The van der Waals surface area contributed by atoms with Crippen molar-refractivity contribution in [2.24, 2.45) is 34.0 Å². The van der Waals surface area contributed by atoms with Crippen LogP contribution in [0.3, 0.4) is 0 Å². The Morgan fingerprint density at radius 2 is 1.75 bits per heavy atom. The van der Waals surface area contributed by atoms with Crippen LogP contribution in [0.15, 0.2) is 12.2 Å². The second kappa shape index (κ2) is 3.93. The first-order valence-electron chi connectivity index (χ1n) is 9.05. The average molecular weight is 272 g/mol. The minimum atomic E-state index is 0.584. The monoisotopic (exact) mass is 272 g/mol. The molecule has 1 unspecified atom stereocenters. The van der Waals surface area contributed by atoms with Gasteiger partial charge in [0.25, 0.3) is 0 Å². The molecule has 4 aliphatic rings. The van der Waals surface area contributed by atoms with Crippen LogP contribution in [0.1, 0.15) is 78.6 Å². The quantitative estimate of drug-likeness (QED) is 0.476. The fraction of sp³-hybridized carbons (Fsp3) is 0.900. The van der Waals surface area contributed by atoms with E-state index in [2.05, 4.69) is 27.4 Å². The maximum absolute atomic E-state index is 4.44. The summed E-state index contributed by atoms with van der Waals surface area (Å²) in [6.45, 7) is 12.2. The molecule has 5 atom stereocenters. The van der Waals surface area contributed by atoms with E-state index < -0.39 is 0 Å². The molecule has 0 N–H and O–H groups in total. The van der Waals surface area contributed by atoms with E-state index in [0.717, 1.165) is 17.8 Å². The maximum atomic E-state index is 4.44. The van der Waals surface area contributed by atoms with Gasteiger partial charge in [0.1, 0.15) is 0 Å². The molecule has 2 bridgehead atoms. The van der Waals surface area contributed by atoms with E-state index in [1.165, 1.54) is 57.8 Å². The Bertz CT molecular complexity index is 445. The lowest BCUT2D eigenvalue weighted by atomic mass is 9.41. The van der Waals surface area contributed by atoms with Crippen LogP contribution in [0.5, 0.6) is 0 Å². The third-order valence-electron chi connectivity index (χ3n) is 8.36. The molecular formula is C20H32. The van der Waals surface area contributed by atoms with E-state index in [-0.39, 0.29) is 0 Å². The second-order valence-corrected chi connectivity index (χ2v) is 9.67. The minimum Gasteiger partial charge on any atom is -0.0996 e. The first kappa shape index (κ1) is 13.4. The average Bonchev–Trinajstić information content (AvgIpc) is 2.58. The Kier molecular flexibility index (Phi) is 2.63. The zero-order valence-corrected chi connectivity index (χ0v) is 13.8. The van der Waals surface area contributed by atoms with E-state index in [0.29, 0.717) is 16.2 Å². The minimum absolute atomic E-state index is 0.584. The predicted molar refractivity (Wildman–Crippen MR) is 85.5 cm³/mol. The highest BCUT2D eigenvalue weighted by molar-refractivity contribution is 5.22. The standard InChI is InChI=1S/C20H32/c1-14-12-20-11-8-16-18(2,3)9-5-10-19(16,4)17(20)7-6-15(14)13-20/h15-17H,1,5-13H2,2-4H3/t15-,16+,17-,19?,20+/m0/s1. The Morgan fingerprint density at radius 1 is 0.950 bits per heavy atom. The number of hydrogen-bond acceptors (Lipinski definition) is 0. The van der Waals surface area contributed by atoms with Gasteiger partial charge in [-0.3, -0.25) is 0 Å². The molecule has 1 spiro atoms. The lowest BCUT2D eigenvalue weighted by Crippen LogP contribution is -2.55. The third-order valence-corrected chi connectivity index (χ3v) is 8.36. The fourth-order valence-corrected chi connectivity index (χ4v) is 7.68. The summed E-state index contributed by atoms with van der Waals surface area (Å²) in [6.07, 6.45) is 13.3. The van der Waals surface area contributed by atoms with Crippen LogP contribution < -0.4 is 0 Å². The number of hydrogen-bond donors (Lipinski definition) is 0. The van der Waals surface area contributed by atoms with E-state index in [4.69, 9.17) is 0 Å². The van der Waals surface area contributed by atoms with Crippen molar-refractivity contribution in [1.82, 2.24) is 0 Å². The Balaban J connectivity index is 1.74. The van der Waals surface area contributed by atoms with Crippen LogP contribution in [0, 0.1) is 34.0 Å². The van der Waals surface area contributed by atoms with Gasteiger partial charge in [-0.1, -0.05) is 39.3 Å². The van der Waals surface area contributed by atoms with E-state index in [1.807, 2.05) is 0 Å². The van der Waals surface area contributed by atoms with Gasteiger partial charge in [-0.15, -0.1) is 0 Å². The summed E-state index contributed by atoms with van der Waals surface area (Å²) in [5, 5.41) is 0. The smallest absolute Gasteiger partial charge is 0.0200 e. The Morgan fingerprint density at radius 3 is 2.55 bits per heavy atom. The van der Waals surface area contributed by atoms with Crippen molar-refractivity contribution >= 4 is 0 Å². The highest BCUT2D eigenvalue weighted by Crippen LogP contribution is 2.72. The van der Waals surface area contributed by atoms with E-state index in [1.54, 1.807) is 5.57 Å². The van der Waals surface area contributed by atoms with Gasteiger partial charge < -0.3 is 0 Å². The summed E-state index contributed by atoms with van der Waals surface area (Å²) >= 11 is 0. The van der Waals surface area contributed by atoms with Crippen molar-refractivity contribution in [1.29, 1.82) is 0 Å². The van der Waals surface area contributed by atoms with Crippen LogP contribution in [-0.2, 0) is 0 Å². The van der Waals surface area contributed by atoms with Crippen LogP contribution in [0.4, 0.5) is 0 Å². The predicted octanol–water partition coefficient (Wildman–Crippen LogP) is 5.98. The molecule has 0 aromatic rings. The van der Waals surface area contributed by atoms with Crippen molar-refractivity contribution in [3.8, 4) is 0 Å². The molecule has 0 nitrogen and oxygen atoms in total. The molecule has 4 rings (SSSR count). The summed E-state index contributed by atoms with van der Waals surface area (Å²) in [7, 11) is 0. The summed E-state index contributed by atoms with van der Waals surface area (Å²) < 4.78 is 0. The van der Waals surface area contributed by atoms with Gasteiger partial charge in [-0.25, -0.2) is 0 Å². The number of rotatable bonds is 0. The highest BCUT2D eigenvalue weighted by Gasteiger charge is 2.62. The fourth-order valence-electron chi connectivity index (χ4n) is 7.68. The van der Waals surface area contributed by atoms with Crippen molar-refractivity contribution in [2.75, 3.05) is 0 Å². The molecule has 0 heterocycles. The Labute approximate surface area is 125 Å². The summed E-state index contributed by atoms with van der Waals surface area (Å²) in [5.41, 5.74) is 3.51. The number of allylic oxidation sites excluding steroid dienone is 1. The first-order chi connectivity index (χ1) is 9.37. The number of fused-ring (bicyclic) bond motifs is 3. The van der Waals surface area contributed by atoms with Crippen LogP contribution in [0.2, 0.25) is 0 Å². The lowest BCUT2D eigenvalue weighted by Gasteiger charge is -2.64. The molecule has 0 amide bonds. The molecule has 0 saturated heterocycles. The lowest BCUT2D eigenvalue weighted by molar-refractivity contribution is -0.144. The van der Waals surface area contributed by atoms with Gasteiger partial charge >= 0.3 is 0 Å². The Hall–Kier alpha value is -0.260. The molecule has 4 aliphatic carbocycles. The van der Waals surface area contributed by atoms with Gasteiger partial charge in [0, 0.05) is 0 Å².